The van der Waals surface area contributed by atoms with E-state index in [2.05, 4.69) is 25.9 Å². The number of nitrogens with zero attached hydrogens (tertiary/aromatic N) is 3. The van der Waals surface area contributed by atoms with E-state index in [0.717, 1.165) is 38.1 Å². The van der Waals surface area contributed by atoms with Gasteiger partial charge in [0.2, 0.25) is 0 Å². The molecule has 0 spiro atoms. The average molecular weight is 317 g/mol. The molecule has 3 aromatic rings. The quantitative estimate of drug-likeness (QED) is 0.700. The molecule has 1 aromatic carbocycles. The molecule has 0 aliphatic rings. The standard InChI is InChI=1S/C14H13BrN4/c1-8-9(2)19(7-18-8)13-4-3-12(16)11-5-10(15)6-17-14(11)13/h3-7H,16H2,1-2H3. The zero-order valence-corrected chi connectivity index (χ0v) is 12.3. The van der Waals surface area contributed by atoms with Crippen molar-refractivity contribution in [2.24, 2.45) is 0 Å². The highest BCUT2D eigenvalue weighted by molar-refractivity contribution is 9.10. The van der Waals surface area contributed by atoms with E-state index in [-0.39, 0.29) is 0 Å². The first kappa shape index (κ1) is 12.2. The van der Waals surface area contributed by atoms with Crippen molar-refractivity contribution in [1.82, 2.24) is 14.5 Å². The number of aromatic nitrogens is 3. The predicted octanol–water partition coefficient (Wildman–Crippen LogP) is 3.38. The van der Waals surface area contributed by atoms with E-state index in [9.17, 15) is 0 Å². The number of nitrogens with two attached hydrogens (primary N) is 1. The van der Waals surface area contributed by atoms with Crippen LogP contribution in [0.5, 0.6) is 0 Å². The largest absolute Gasteiger partial charge is 0.398 e. The van der Waals surface area contributed by atoms with E-state index in [0.29, 0.717) is 0 Å². The van der Waals surface area contributed by atoms with Gasteiger partial charge in [-0.2, -0.15) is 0 Å². The Hall–Kier alpha value is -1.88. The lowest BCUT2D eigenvalue weighted by Gasteiger charge is -2.10. The summed E-state index contributed by atoms with van der Waals surface area (Å²) in [5, 5.41) is 0.942. The van der Waals surface area contributed by atoms with E-state index in [1.54, 1.807) is 6.20 Å². The number of nitrogen functional groups attached to an aromatic ring is 1. The van der Waals surface area contributed by atoms with Gasteiger partial charge in [-0.25, -0.2) is 4.98 Å². The number of rotatable bonds is 1. The summed E-state index contributed by atoms with van der Waals surface area (Å²) in [5.74, 6) is 0. The Morgan fingerprint density at radius 1 is 1.21 bits per heavy atom. The molecular weight excluding hydrogens is 304 g/mol. The van der Waals surface area contributed by atoms with Crippen molar-refractivity contribution in [1.29, 1.82) is 0 Å². The van der Waals surface area contributed by atoms with Crippen molar-refractivity contribution in [2.75, 3.05) is 5.73 Å². The van der Waals surface area contributed by atoms with Crippen molar-refractivity contribution in [3.05, 3.63) is 46.6 Å². The minimum Gasteiger partial charge on any atom is -0.398 e. The number of fused-ring (bicyclic) bond motifs is 1. The van der Waals surface area contributed by atoms with Crippen LogP contribution in [0.1, 0.15) is 11.4 Å². The third kappa shape index (κ3) is 1.90. The molecule has 0 saturated carbocycles. The highest BCUT2D eigenvalue weighted by atomic mass is 79.9. The molecule has 2 N–H and O–H groups in total. The SMILES string of the molecule is Cc1ncn(-c2ccc(N)c3cc(Br)cnc23)c1C. The first-order valence-corrected chi connectivity index (χ1v) is 6.72. The lowest BCUT2D eigenvalue weighted by molar-refractivity contribution is 1.01. The lowest BCUT2D eigenvalue weighted by atomic mass is 10.1. The molecule has 19 heavy (non-hydrogen) atoms. The van der Waals surface area contributed by atoms with Gasteiger partial charge in [0.25, 0.3) is 0 Å². The molecule has 96 valence electrons. The topological polar surface area (TPSA) is 56.7 Å². The van der Waals surface area contributed by atoms with E-state index < -0.39 is 0 Å². The molecule has 0 aliphatic heterocycles. The Bertz CT molecular complexity index is 776. The normalized spacial score (nSPS) is 11.1. The van der Waals surface area contributed by atoms with E-state index in [1.807, 2.05) is 42.9 Å². The van der Waals surface area contributed by atoms with Crippen LogP contribution < -0.4 is 5.73 Å². The summed E-state index contributed by atoms with van der Waals surface area (Å²) in [6.07, 6.45) is 3.60. The number of imidazole rings is 1. The van der Waals surface area contributed by atoms with Gasteiger partial charge >= 0.3 is 0 Å². The molecule has 5 heteroatoms. The third-order valence-corrected chi connectivity index (χ3v) is 3.77. The van der Waals surface area contributed by atoms with Crippen molar-refractivity contribution >= 4 is 32.5 Å². The summed E-state index contributed by atoms with van der Waals surface area (Å²) in [7, 11) is 0. The predicted molar refractivity (Wildman–Crippen MR) is 80.5 cm³/mol. The van der Waals surface area contributed by atoms with Crippen molar-refractivity contribution in [3.63, 3.8) is 0 Å². The van der Waals surface area contributed by atoms with Crippen LogP contribution in [0.2, 0.25) is 0 Å². The highest BCUT2D eigenvalue weighted by Crippen LogP contribution is 2.28. The highest BCUT2D eigenvalue weighted by Gasteiger charge is 2.11. The Morgan fingerprint density at radius 2 is 2.00 bits per heavy atom. The molecule has 0 atom stereocenters. The first-order chi connectivity index (χ1) is 9.08. The molecule has 0 aliphatic carbocycles. The van der Waals surface area contributed by atoms with E-state index in [4.69, 9.17) is 5.73 Å². The van der Waals surface area contributed by atoms with Crippen molar-refractivity contribution in [3.8, 4) is 5.69 Å². The monoisotopic (exact) mass is 316 g/mol. The van der Waals surface area contributed by atoms with Gasteiger partial charge in [-0.05, 0) is 48.0 Å². The summed E-state index contributed by atoms with van der Waals surface area (Å²) in [6.45, 7) is 4.04. The Kier molecular flexibility index (Phi) is 2.78. The van der Waals surface area contributed by atoms with Crippen molar-refractivity contribution in [2.45, 2.75) is 13.8 Å². The minimum absolute atomic E-state index is 0.724. The van der Waals surface area contributed by atoms with Crippen LogP contribution in [0.25, 0.3) is 16.6 Å². The fraction of sp³-hybridized carbons (Fsp3) is 0.143. The third-order valence-electron chi connectivity index (χ3n) is 3.34. The van der Waals surface area contributed by atoms with Gasteiger partial charge in [0.15, 0.2) is 0 Å². The number of halogens is 1. The van der Waals surface area contributed by atoms with Crippen LogP contribution >= 0.6 is 15.9 Å². The second-order valence-electron chi connectivity index (χ2n) is 4.51. The van der Waals surface area contributed by atoms with Crippen LogP contribution in [0, 0.1) is 13.8 Å². The fourth-order valence-corrected chi connectivity index (χ4v) is 2.47. The molecule has 0 unspecified atom stereocenters. The summed E-state index contributed by atoms with van der Waals surface area (Å²) in [4.78, 5) is 8.83. The van der Waals surface area contributed by atoms with E-state index in [1.165, 1.54) is 0 Å². The molecule has 0 fully saturated rings. The maximum atomic E-state index is 6.03. The molecule has 0 saturated heterocycles. The lowest BCUT2D eigenvalue weighted by Crippen LogP contribution is -1.99. The second-order valence-corrected chi connectivity index (χ2v) is 5.42. The molecule has 4 nitrogen and oxygen atoms in total. The van der Waals surface area contributed by atoms with Gasteiger partial charge in [-0.1, -0.05) is 0 Å². The molecular formula is C14H13BrN4. The number of aryl methyl sites for hydroxylation is 1. The first-order valence-electron chi connectivity index (χ1n) is 5.92. The molecule has 3 rings (SSSR count). The molecule has 0 bridgehead atoms. The summed E-state index contributed by atoms with van der Waals surface area (Å²) < 4.78 is 2.96. The smallest absolute Gasteiger partial charge is 0.0998 e. The van der Waals surface area contributed by atoms with Gasteiger partial charge < -0.3 is 10.3 Å². The van der Waals surface area contributed by atoms with Gasteiger partial charge in [0, 0.05) is 27.4 Å². The average Bonchev–Trinajstić information content (AvgIpc) is 2.72. The zero-order valence-electron chi connectivity index (χ0n) is 10.7. The summed E-state index contributed by atoms with van der Waals surface area (Å²) in [6, 6.07) is 5.87. The van der Waals surface area contributed by atoms with Crippen LogP contribution in [-0.2, 0) is 0 Å². The minimum atomic E-state index is 0.724. The van der Waals surface area contributed by atoms with Crippen LogP contribution in [-0.4, -0.2) is 14.5 Å². The number of hydrogen-bond donors (Lipinski definition) is 1. The molecule has 2 aromatic heterocycles. The maximum absolute atomic E-state index is 6.03. The molecule has 2 heterocycles. The van der Waals surface area contributed by atoms with Gasteiger partial charge in [0.1, 0.15) is 0 Å². The number of pyridine rings is 1. The number of benzene rings is 1. The van der Waals surface area contributed by atoms with Gasteiger partial charge in [-0.3, -0.25) is 4.98 Å². The van der Waals surface area contributed by atoms with Crippen LogP contribution in [0.15, 0.2) is 35.2 Å². The number of hydrogen-bond acceptors (Lipinski definition) is 3. The van der Waals surface area contributed by atoms with Crippen LogP contribution in [0.4, 0.5) is 5.69 Å². The maximum Gasteiger partial charge on any atom is 0.0998 e. The summed E-state index contributed by atoms with van der Waals surface area (Å²) >= 11 is 3.43. The Labute approximate surface area is 119 Å². The molecule has 0 amide bonds. The van der Waals surface area contributed by atoms with E-state index >= 15 is 0 Å². The second kappa shape index (κ2) is 4.35. The zero-order chi connectivity index (χ0) is 13.6. The molecule has 0 radical (unpaired) electrons. The van der Waals surface area contributed by atoms with Crippen LogP contribution in [0.3, 0.4) is 0 Å². The van der Waals surface area contributed by atoms with Gasteiger partial charge in [0.05, 0.1) is 23.2 Å². The Morgan fingerprint density at radius 3 is 2.68 bits per heavy atom. The fourth-order valence-electron chi connectivity index (χ4n) is 2.14. The summed E-state index contributed by atoms with van der Waals surface area (Å²) in [5.41, 5.74) is 10.8. The Balaban J connectivity index is 2.37. The number of anilines is 1. The van der Waals surface area contributed by atoms with Gasteiger partial charge in [-0.15, -0.1) is 0 Å². The van der Waals surface area contributed by atoms with Crippen molar-refractivity contribution < 1.29 is 0 Å².